The van der Waals surface area contributed by atoms with Gasteiger partial charge in [-0.05, 0) is 29.8 Å². The van der Waals surface area contributed by atoms with E-state index in [1.165, 1.54) is 32.2 Å². The van der Waals surface area contributed by atoms with Gasteiger partial charge in [-0.3, -0.25) is 0 Å². The van der Waals surface area contributed by atoms with Crippen LogP contribution in [-0.2, 0) is 12.0 Å². The summed E-state index contributed by atoms with van der Waals surface area (Å²) in [5.41, 5.74) is 5.27. The molecule has 0 radical (unpaired) electrons. The van der Waals surface area contributed by atoms with Crippen molar-refractivity contribution in [3.05, 3.63) is 89.6 Å². The molecule has 0 atom stereocenters. The van der Waals surface area contributed by atoms with Crippen molar-refractivity contribution >= 4 is 33.3 Å². The number of benzene rings is 2. The predicted octanol–water partition coefficient (Wildman–Crippen LogP) is 2.70. The zero-order valence-corrected chi connectivity index (χ0v) is 19.5. The van der Waals surface area contributed by atoms with Gasteiger partial charge < -0.3 is 28.9 Å². The van der Waals surface area contributed by atoms with E-state index < -0.39 is 0 Å². The molecule has 0 unspecified atom stereocenters. The quantitative estimate of drug-likeness (QED) is 0.304. The molecule has 28 heavy (non-hydrogen) atoms. The molecule has 4 heteroatoms. The van der Waals surface area contributed by atoms with E-state index in [0.29, 0.717) is 0 Å². The van der Waals surface area contributed by atoms with Crippen molar-refractivity contribution < 1.29 is 28.5 Å². The summed E-state index contributed by atoms with van der Waals surface area (Å²) in [5.74, 6) is 0. The number of anilines is 1. The molecule has 3 aromatic rings. The first-order chi connectivity index (χ1) is 13.0. The minimum Gasteiger partial charge on any atom is -1.00 e. The Morgan fingerprint density at radius 2 is 1.82 bits per heavy atom. The second-order valence-electron chi connectivity index (χ2n) is 7.42. The van der Waals surface area contributed by atoms with Crippen LogP contribution in [0.4, 0.5) is 5.69 Å². The van der Waals surface area contributed by atoms with Crippen molar-refractivity contribution in [3.63, 3.8) is 0 Å². The molecule has 0 fully saturated rings. The third-order valence-corrected chi connectivity index (χ3v) is 6.51. The van der Waals surface area contributed by atoms with Crippen LogP contribution in [0, 0.1) is 0 Å². The van der Waals surface area contributed by atoms with Crippen LogP contribution in [0.5, 0.6) is 0 Å². The first kappa shape index (κ1) is 20.8. The Morgan fingerprint density at radius 1 is 1.11 bits per heavy atom. The number of rotatable bonds is 4. The standard InChI is InChI=1S/C24H25N2S.HI/c1-5-17-26-20-13-8-9-14-21(20)27-23(26)16-10-15-22-24(2,3)18-11-6-7-12-19(18)25(22)4;/h5-16H,1,17H2,2-4H3;1H/q+1;/p-1. The van der Waals surface area contributed by atoms with E-state index in [4.69, 9.17) is 0 Å². The summed E-state index contributed by atoms with van der Waals surface area (Å²) in [6.45, 7) is 9.33. The highest BCUT2D eigenvalue weighted by Crippen LogP contribution is 2.46. The molecule has 4 rings (SSSR count). The maximum absolute atomic E-state index is 3.92. The number of aromatic nitrogens is 1. The van der Waals surface area contributed by atoms with E-state index in [9.17, 15) is 0 Å². The molecule has 1 aromatic heterocycles. The minimum absolute atomic E-state index is 0. The van der Waals surface area contributed by atoms with Crippen molar-refractivity contribution in [2.24, 2.45) is 0 Å². The molecule has 0 saturated carbocycles. The lowest BCUT2D eigenvalue weighted by atomic mass is 9.84. The second-order valence-corrected chi connectivity index (χ2v) is 8.48. The number of hydrogen-bond acceptors (Lipinski definition) is 2. The van der Waals surface area contributed by atoms with Gasteiger partial charge >= 0.3 is 0 Å². The van der Waals surface area contributed by atoms with E-state index in [0.717, 1.165) is 6.54 Å². The van der Waals surface area contributed by atoms with Gasteiger partial charge in [0.15, 0.2) is 6.54 Å². The van der Waals surface area contributed by atoms with E-state index in [2.05, 4.69) is 104 Å². The van der Waals surface area contributed by atoms with Gasteiger partial charge in [0, 0.05) is 36.0 Å². The van der Waals surface area contributed by atoms with E-state index in [1.54, 1.807) is 0 Å². The van der Waals surface area contributed by atoms with Gasteiger partial charge in [0.05, 0.1) is 0 Å². The summed E-state index contributed by atoms with van der Waals surface area (Å²) in [6, 6.07) is 17.2. The number of thiazole rings is 1. The Labute approximate surface area is 188 Å². The van der Waals surface area contributed by atoms with Gasteiger partial charge in [0.25, 0.3) is 5.01 Å². The Kier molecular flexibility index (Phi) is 6.10. The van der Waals surface area contributed by atoms with Gasteiger partial charge in [-0.1, -0.05) is 68.2 Å². The molecule has 2 nitrogen and oxygen atoms in total. The lowest BCUT2D eigenvalue weighted by molar-refractivity contribution is -0.658. The molecule has 0 N–H and O–H groups in total. The normalized spacial score (nSPS) is 16.5. The first-order valence-corrected chi connectivity index (χ1v) is 10.1. The second kappa shape index (κ2) is 8.21. The van der Waals surface area contributed by atoms with Crippen LogP contribution in [0.1, 0.15) is 24.4 Å². The number of hydrogen-bond donors (Lipinski definition) is 0. The number of nitrogens with zero attached hydrogens (tertiary/aromatic N) is 2. The highest BCUT2D eigenvalue weighted by molar-refractivity contribution is 7.18. The summed E-state index contributed by atoms with van der Waals surface area (Å²) in [6.07, 6.45) is 8.61. The maximum atomic E-state index is 3.92. The van der Waals surface area contributed by atoms with Crippen LogP contribution in [0.15, 0.2) is 79.0 Å². The molecule has 2 aromatic carbocycles. The number of allylic oxidation sites excluding steroid dienone is 4. The maximum Gasteiger partial charge on any atom is 0.263 e. The third kappa shape index (κ3) is 3.44. The fourth-order valence-corrected chi connectivity index (χ4v) is 5.10. The van der Waals surface area contributed by atoms with E-state index in [1.807, 2.05) is 17.4 Å². The molecular formula is C24H25IN2S. The van der Waals surface area contributed by atoms with Crippen LogP contribution < -0.4 is 33.4 Å². The fourth-order valence-electron chi connectivity index (χ4n) is 4.02. The zero-order chi connectivity index (χ0) is 19.0. The number of halogens is 1. The molecule has 0 aliphatic carbocycles. The van der Waals surface area contributed by atoms with Crippen LogP contribution in [0.25, 0.3) is 16.3 Å². The average Bonchev–Trinajstić information content (AvgIpc) is 3.11. The lowest BCUT2D eigenvalue weighted by Crippen LogP contribution is -3.00. The fraction of sp³-hybridized carbons (Fsp3) is 0.208. The van der Waals surface area contributed by atoms with Gasteiger partial charge in [0.2, 0.25) is 5.52 Å². The molecule has 0 bridgehead atoms. The van der Waals surface area contributed by atoms with Gasteiger partial charge in [-0.2, -0.15) is 4.57 Å². The molecule has 144 valence electrons. The third-order valence-electron chi connectivity index (χ3n) is 5.38. The molecule has 1 aliphatic heterocycles. The monoisotopic (exact) mass is 500 g/mol. The number of likely N-dealkylation sites (N-methyl/N-ethyl adjacent to an activating group) is 1. The Hall–Kier alpha value is -1.92. The zero-order valence-electron chi connectivity index (χ0n) is 16.5. The molecule has 0 spiro atoms. The first-order valence-electron chi connectivity index (χ1n) is 9.28. The molecule has 2 heterocycles. The molecule has 0 amide bonds. The van der Waals surface area contributed by atoms with Crippen molar-refractivity contribution in [2.75, 3.05) is 11.9 Å². The predicted molar refractivity (Wildman–Crippen MR) is 117 cm³/mol. The van der Waals surface area contributed by atoms with Crippen molar-refractivity contribution in [2.45, 2.75) is 25.8 Å². The minimum atomic E-state index is 0. The largest absolute Gasteiger partial charge is 1.00 e. The van der Waals surface area contributed by atoms with Crippen molar-refractivity contribution in [1.82, 2.24) is 0 Å². The molecular weight excluding hydrogens is 475 g/mol. The summed E-state index contributed by atoms with van der Waals surface area (Å²) < 4.78 is 3.62. The van der Waals surface area contributed by atoms with Crippen molar-refractivity contribution in [1.29, 1.82) is 0 Å². The molecule has 0 saturated heterocycles. The molecule has 1 aliphatic rings. The van der Waals surface area contributed by atoms with E-state index >= 15 is 0 Å². The summed E-state index contributed by atoms with van der Waals surface area (Å²) in [4.78, 5) is 2.31. The highest BCUT2D eigenvalue weighted by atomic mass is 127. The summed E-state index contributed by atoms with van der Waals surface area (Å²) in [7, 11) is 2.16. The highest BCUT2D eigenvalue weighted by Gasteiger charge is 2.37. The average molecular weight is 500 g/mol. The van der Waals surface area contributed by atoms with Gasteiger partial charge in [0.1, 0.15) is 4.70 Å². The van der Waals surface area contributed by atoms with E-state index in [-0.39, 0.29) is 29.4 Å². The Bertz CT molecular complexity index is 1080. The Balaban J connectivity index is 0.00000225. The summed E-state index contributed by atoms with van der Waals surface area (Å²) in [5, 5.41) is 1.24. The SMILES string of the molecule is C=CC[n+]1c(C=CC=C2N(C)c3ccccc3C2(C)C)sc2ccccc21.[I-]. The van der Waals surface area contributed by atoms with Gasteiger partial charge in [-0.15, -0.1) is 0 Å². The van der Waals surface area contributed by atoms with Gasteiger partial charge in [-0.25, -0.2) is 0 Å². The van der Waals surface area contributed by atoms with Crippen LogP contribution >= 0.6 is 11.3 Å². The smallest absolute Gasteiger partial charge is 0.263 e. The van der Waals surface area contributed by atoms with Crippen molar-refractivity contribution in [3.8, 4) is 0 Å². The van der Waals surface area contributed by atoms with Crippen LogP contribution in [0.2, 0.25) is 0 Å². The Morgan fingerprint density at radius 3 is 2.57 bits per heavy atom. The lowest BCUT2D eigenvalue weighted by Gasteiger charge is -2.23. The number of fused-ring (bicyclic) bond motifs is 2. The van der Waals surface area contributed by atoms with Crippen LogP contribution in [0.3, 0.4) is 0 Å². The topological polar surface area (TPSA) is 7.12 Å². The van der Waals surface area contributed by atoms with Crippen LogP contribution in [-0.4, -0.2) is 7.05 Å². The number of para-hydroxylation sites is 2. The summed E-state index contributed by atoms with van der Waals surface area (Å²) >= 11 is 1.82.